The van der Waals surface area contributed by atoms with Crippen molar-refractivity contribution < 1.29 is 4.79 Å². The average molecular weight is 349 g/mol. The zero-order chi connectivity index (χ0) is 14.3. The van der Waals surface area contributed by atoms with Crippen LogP contribution < -0.4 is 0 Å². The zero-order valence-corrected chi connectivity index (χ0v) is 13.0. The fraction of sp³-hybridized carbons (Fsp3) is 0.0625. The van der Waals surface area contributed by atoms with Crippen LogP contribution >= 0.6 is 27.5 Å². The smallest absolute Gasteiger partial charge is 0.195 e. The summed E-state index contributed by atoms with van der Waals surface area (Å²) in [7, 11) is 0. The van der Waals surface area contributed by atoms with Crippen molar-refractivity contribution in [3.63, 3.8) is 0 Å². The number of carbonyl (C=O) groups excluding carboxylic acids is 1. The number of hydrogen-bond donors (Lipinski definition) is 1. The first-order valence-electron chi connectivity index (χ1n) is 6.14. The van der Waals surface area contributed by atoms with Crippen LogP contribution in [0.4, 0.5) is 0 Å². The summed E-state index contributed by atoms with van der Waals surface area (Å²) in [5.41, 5.74) is 3.12. The number of benzene rings is 2. The third-order valence-electron chi connectivity index (χ3n) is 3.25. The van der Waals surface area contributed by atoms with E-state index in [1.54, 1.807) is 18.2 Å². The molecule has 1 heterocycles. The van der Waals surface area contributed by atoms with Crippen LogP contribution in [-0.4, -0.2) is 10.8 Å². The standard InChI is InChI=1S/C16H11BrClNO/c1-9-15(13-4-2-3-5-14(13)19-9)16(20)10-6-11(17)8-12(18)7-10/h2-8,19H,1H3. The second-order valence-electron chi connectivity index (χ2n) is 4.66. The molecule has 3 aromatic rings. The van der Waals surface area contributed by atoms with Gasteiger partial charge in [0.25, 0.3) is 0 Å². The van der Waals surface area contributed by atoms with Gasteiger partial charge < -0.3 is 4.98 Å². The quantitative estimate of drug-likeness (QED) is 0.640. The molecule has 20 heavy (non-hydrogen) atoms. The van der Waals surface area contributed by atoms with Gasteiger partial charge in [0.1, 0.15) is 0 Å². The molecule has 0 saturated carbocycles. The van der Waals surface area contributed by atoms with Gasteiger partial charge in [0.05, 0.1) is 5.56 Å². The Labute approximate surface area is 129 Å². The molecule has 3 rings (SSSR count). The summed E-state index contributed by atoms with van der Waals surface area (Å²) in [5.74, 6) is -0.0249. The minimum Gasteiger partial charge on any atom is -0.358 e. The topological polar surface area (TPSA) is 32.9 Å². The first-order chi connectivity index (χ1) is 9.56. The van der Waals surface area contributed by atoms with E-state index < -0.39 is 0 Å². The van der Waals surface area contributed by atoms with Crippen LogP contribution in [0.15, 0.2) is 46.9 Å². The summed E-state index contributed by atoms with van der Waals surface area (Å²) >= 11 is 9.39. The molecule has 0 bridgehead atoms. The molecule has 100 valence electrons. The molecule has 0 unspecified atom stereocenters. The highest BCUT2D eigenvalue weighted by Gasteiger charge is 2.18. The number of rotatable bonds is 2. The number of halogens is 2. The molecule has 1 aromatic heterocycles. The van der Waals surface area contributed by atoms with Crippen molar-refractivity contribution >= 4 is 44.2 Å². The number of para-hydroxylation sites is 1. The van der Waals surface area contributed by atoms with Crippen LogP contribution in [0.3, 0.4) is 0 Å². The van der Waals surface area contributed by atoms with Crippen molar-refractivity contribution in [1.82, 2.24) is 4.98 Å². The molecule has 0 atom stereocenters. The van der Waals surface area contributed by atoms with E-state index in [9.17, 15) is 4.79 Å². The van der Waals surface area contributed by atoms with Crippen molar-refractivity contribution in [2.45, 2.75) is 6.92 Å². The predicted octanol–water partition coefficient (Wildman–Crippen LogP) is 5.12. The van der Waals surface area contributed by atoms with Gasteiger partial charge in [-0.05, 0) is 31.2 Å². The lowest BCUT2D eigenvalue weighted by Gasteiger charge is -2.03. The normalized spacial score (nSPS) is 10.9. The fourth-order valence-electron chi connectivity index (χ4n) is 2.40. The molecule has 2 nitrogen and oxygen atoms in total. The summed E-state index contributed by atoms with van der Waals surface area (Å²) < 4.78 is 0.797. The minimum absolute atomic E-state index is 0.0249. The Balaban J connectivity index is 2.20. The molecule has 0 amide bonds. The number of nitrogens with one attached hydrogen (secondary N) is 1. The highest BCUT2D eigenvalue weighted by molar-refractivity contribution is 9.10. The molecule has 0 fully saturated rings. The molecule has 0 aliphatic heterocycles. The largest absolute Gasteiger partial charge is 0.358 e. The van der Waals surface area contributed by atoms with Gasteiger partial charge in [-0.3, -0.25) is 4.79 Å². The van der Waals surface area contributed by atoms with E-state index in [0.29, 0.717) is 16.1 Å². The monoisotopic (exact) mass is 347 g/mol. The van der Waals surface area contributed by atoms with Gasteiger partial charge in [0.15, 0.2) is 5.78 Å². The Morgan fingerprint density at radius 3 is 2.70 bits per heavy atom. The number of H-pyrrole nitrogens is 1. The first-order valence-corrected chi connectivity index (χ1v) is 7.31. The Morgan fingerprint density at radius 2 is 1.95 bits per heavy atom. The molecule has 0 radical (unpaired) electrons. The molecular weight excluding hydrogens is 338 g/mol. The summed E-state index contributed by atoms with van der Waals surface area (Å²) in [6, 6.07) is 13.0. The summed E-state index contributed by atoms with van der Waals surface area (Å²) in [6.45, 7) is 1.91. The van der Waals surface area contributed by atoms with Crippen LogP contribution in [0, 0.1) is 6.92 Å². The molecule has 0 saturated heterocycles. The van der Waals surface area contributed by atoms with E-state index in [-0.39, 0.29) is 5.78 Å². The van der Waals surface area contributed by atoms with Crippen LogP contribution in [0.2, 0.25) is 5.02 Å². The van der Waals surface area contributed by atoms with Crippen molar-refractivity contribution in [3.05, 3.63) is 68.8 Å². The maximum absolute atomic E-state index is 12.7. The van der Waals surface area contributed by atoms with Crippen LogP contribution in [0.5, 0.6) is 0 Å². The van der Waals surface area contributed by atoms with Gasteiger partial charge in [-0.2, -0.15) is 0 Å². The van der Waals surface area contributed by atoms with Gasteiger partial charge in [-0.25, -0.2) is 0 Å². The van der Waals surface area contributed by atoms with Crippen LogP contribution in [0.1, 0.15) is 21.6 Å². The third-order valence-corrected chi connectivity index (χ3v) is 3.92. The lowest BCUT2D eigenvalue weighted by Crippen LogP contribution is -2.02. The van der Waals surface area contributed by atoms with E-state index in [1.165, 1.54) is 0 Å². The second kappa shape index (κ2) is 5.08. The maximum atomic E-state index is 12.7. The lowest BCUT2D eigenvalue weighted by molar-refractivity contribution is 0.103. The predicted molar refractivity (Wildman–Crippen MR) is 85.6 cm³/mol. The Hall–Kier alpha value is -1.58. The van der Waals surface area contributed by atoms with Crippen molar-refractivity contribution in [2.75, 3.05) is 0 Å². The number of fused-ring (bicyclic) bond motifs is 1. The highest BCUT2D eigenvalue weighted by atomic mass is 79.9. The fourth-order valence-corrected chi connectivity index (χ4v) is 3.26. The Morgan fingerprint density at radius 1 is 1.20 bits per heavy atom. The molecule has 2 aromatic carbocycles. The van der Waals surface area contributed by atoms with Crippen LogP contribution in [0.25, 0.3) is 10.9 Å². The molecule has 0 spiro atoms. The van der Waals surface area contributed by atoms with Gasteiger partial charge in [0, 0.05) is 31.7 Å². The van der Waals surface area contributed by atoms with E-state index in [0.717, 1.165) is 21.1 Å². The molecular formula is C16H11BrClNO. The minimum atomic E-state index is -0.0249. The third kappa shape index (κ3) is 2.28. The van der Waals surface area contributed by atoms with E-state index >= 15 is 0 Å². The van der Waals surface area contributed by atoms with Gasteiger partial charge >= 0.3 is 0 Å². The molecule has 4 heteroatoms. The second-order valence-corrected chi connectivity index (χ2v) is 6.01. The van der Waals surface area contributed by atoms with E-state index in [1.807, 2.05) is 31.2 Å². The summed E-state index contributed by atoms with van der Waals surface area (Å²) in [6.07, 6.45) is 0. The number of aryl methyl sites for hydroxylation is 1. The van der Waals surface area contributed by atoms with E-state index in [2.05, 4.69) is 20.9 Å². The van der Waals surface area contributed by atoms with Gasteiger partial charge in [0.2, 0.25) is 0 Å². The average Bonchev–Trinajstić information content (AvgIpc) is 2.72. The van der Waals surface area contributed by atoms with E-state index in [4.69, 9.17) is 11.6 Å². The number of hydrogen-bond acceptors (Lipinski definition) is 1. The summed E-state index contributed by atoms with van der Waals surface area (Å²) in [5, 5.41) is 1.48. The Bertz CT molecular complexity index is 802. The van der Waals surface area contributed by atoms with Crippen molar-refractivity contribution in [1.29, 1.82) is 0 Å². The van der Waals surface area contributed by atoms with Crippen molar-refractivity contribution in [2.24, 2.45) is 0 Å². The lowest BCUT2D eigenvalue weighted by atomic mass is 10.0. The van der Waals surface area contributed by atoms with Crippen LogP contribution in [-0.2, 0) is 0 Å². The van der Waals surface area contributed by atoms with Gasteiger partial charge in [-0.15, -0.1) is 0 Å². The Kier molecular flexibility index (Phi) is 3.40. The maximum Gasteiger partial charge on any atom is 0.195 e. The highest BCUT2D eigenvalue weighted by Crippen LogP contribution is 2.27. The first kappa shape index (κ1) is 13.4. The number of ketones is 1. The molecule has 0 aliphatic carbocycles. The number of aromatic amines is 1. The number of aromatic nitrogens is 1. The number of carbonyl (C=O) groups is 1. The summed E-state index contributed by atoms with van der Waals surface area (Å²) in [4.78, 5) is 16.0. The zero-order valence-electron chi connectivity index (χ0n) is 10.7. The van der Waals surface area contributed by atoms with Gasteiger partial charge in [-0.1, -0.05) is 45.7 Å². The van der Waals surface area contributed by atoms with Crippen molar-refractivity contribution in [3.8, 4) is 0 Å². The SMILES string of the molecule is Cc1[nH]c2ccccc2c1C(=O)c1cc(Cl)cc(Br)c1. The molecule has 1 N–H and O–H groups in total. The molecule has 0 aliphatic rings.